The Labute approximate surface area is 150 Å². The first-order chi connectivity index (χ1) is 11.5. The number of aliphatic hydroxyl groups excluding tert-OH is 1. The zero-order valence-electron chi connectivity index (χ0n) is 16.7. The Hall–Kier alpha value is -0.900. The van der Waals surface area contributed by atoms with Crippen LogP contribution in [-0.4, -0.2) is 42.4 Å². The van der Waals surface area contributed by atoms with Crippen LogP contribution in [-0.2, 0) is 11.3 Å². The van der Waals surface area contributed by atoms with Gasteiger partial charge in [0.15, 0.2) is 0 Å². The fourth-order valence-electron chi connectivity index (χ4n) is 2.29. The molecule has 140 valence electrons. The molecule has 1 atom stereocenters. The van der Waals surface area contributed by atoms with E-state index in [9.17, 15) is 0 Å². The van der Waals surface area contributed by atoms with Crippen molar-refractivity contribution in [3.63, 3.8) is 0 Å². The van der Waals surface area contributed by atoms with Crippen molar-refractivity contribution in [2.24, 2.45) is 5.92 Å². The number of benzene rings is 1. The topological polar surface area (TPSA) is 32.7 Å². The van der Waals surface area contributed by atoms with Gasteiger partial charge >= 0.3 is 0 Å². The number of hydrogen-bond acceptors (Lipinski definition) is 3. The largest absolute Gasteiger partial charge is 0.393 e. The summed E-state index contributed by atoms with van der Waals surface area (Å²) in [4.78, 5) is 2.44. The second kappa shape index (κ2) is 14.4. The highest BCUT2D eigenvalue weighted by Gasteiger charge is 2.09. The van der Waals surface area contributed by atoms with Crippen molar-refractivity contribution >= 4 is 0 Å². The van der Waals surface area contributed by atoms with Crippen molar-refractivity contribution in [1.82, 2.24) is 4.90 Å². The van der Waals surface area contributed by atoms with Gasteiger partial charge in [0.05, 0.1) is 19.3 Å². The molecule has 1 fully saturated rings. The van der Waals surface area contributed by atoms with Gasteiger partial charge in [-0.2, -0.15) is 0 Å². The van der Waals surface area contributed by atoms with Crippen molar-refractivity contribution in [3.8, 4) is 0 Å². The summed E-state index contributed by atoms with van der Waals surface area (Å²) in [6.07, 6.45) is 1.97. The summed E-state index contributed by atoms with van der Waals surface area (Å²) in [6, 6.07) is 8.78. The van der Waals surface area contributed by atoms with Crippen LogP contribution in [0.15, 0.2) is 24.3 Å². The average Bonchev–Trinajstić information content (AvgIpc) is 2.58. The molecule has 1 heterocycles. The molecule has 0 saturated carbocycles. The Morgan fingerprint density at radius 3 is 1.96 bits per heavy atom. The lowest BCUT2D eigenvalue weighted by Crippen LogP contribution is -2.35. The quantitative estimate of drug-likeness (QED) is 0.848. The molecular weight excluding hydrogens is 298 g/mol. The van der Waals surface area contributed by atoms with E-state index in [0.717, 1.165) is 51.6 Å². The molecule has 1 unspecified atom stereocenters. The molecule has 0 spiro atoms. The molecule has 0 bridgehead atoms. The first-order valence-corrected chi connectivity index (χ1v) is 9.51. The number of nitrogens with zero attached hydrogens (tertiary/aromatic N) is 1. The maximum Gasteiger partial charge on any atom is 0.0594 e. The van der Waals surface area contributed by atoms with Gasteiger partial charge in [0.25, 0.3) is 0 Å². The van der Waals surface area contributed by atoms with E-state index in [1.54, 1.807) is 0 Å². The van der Waals surface area contributed by atoms with Crippen LogP contribution in [0.3, 0.4) is 0 Å². The van der Waals surface area contributed by atoms with E-state index in [-0.39, 0.29) is 6.10 Å². The Morgan fingerprint density at radius 1 is 1.00 bits per heavy atom. The Bertz CT molecular complexity index is 373. The van der Waals surface area contributed by atoms with Crippen molar-refractivity contribution in [2.45, 2.75) is 67.0 Å². The number of rotatable bonds is 5. The zero-order chi connectivity index (χ0) is 18.4. The van der Waals surface area contributed by atoms with Crippen LogP contribution in [0, 0.1) is 12.8 Å². The summed E-state index contributed by atoms with van der Waals surface area (Å²) in [5, 5.41) is 8.80. The molecule has 1 aliphatic rings. The maximum absolute atomic E-state index is 8.80. The van der Waals surface area contributed by atoms with Gasteiger partial charge in [-0.1, -0.05) is 57.5 Å². The minimum absolute atomic E-state index is 0.114. The minimum atomic E-state index is -0.114. The van der Waals surface area contributed by atoms with Crippen molar-refractivity contribution in [3.05, 3.63) is 35.4 Å². The lowest BCUT2D eigenvalue weighted by molar-refractivity contribution is 0.0342. The monoisotopic (exact) mass is 337 g/mol. The zero-order valence-corrected chi connectivity index (χ0v) is 16.7. The second-order valence-electron chi connectivity index (χ2n) is 6.69. The molecule has 1 saturated heterocycles. The first kappa shape index (κ1) is 23.1. The summed E-state index contributed by atoms with van der Waals surface area (Å²) in [7, 11) is 0. The average molecular weight is 338 g/mol. The normalized spacial score (nSPS) is 15.8. The van der Waals surface area contributed by atoms with Crippen LogP contribution in [0.25, 0.3) is 0 Å². The second-order valence-corrected chi connectivity index (χ2v) is 6.69. The molecule has 2 rings (SSSR count). The number of hydrogen-bond donors (Lipinski definition) is 1. The maximum atomic E-state index is 8.80. The molecule has 3 heteroatoms. The summed E-state index contributed by atoms with van der Waals surface area (Å²) in [5.41, 5.74) is 2.73. The number of aliphatic hydroxyl groups is 1. The van der Waals surface area contributed by atoms with E-state index in [0.29, 0.717) is 0 Å². The fraction of sp³-hybridized carbons (Fsp3) is 0.714. The Kier molecular flexibility index (Phi) is 13.9. The summed E-state index contributed by atoms with van der Waals surface area (Å²) in [5.74, 6) is 0.726. The molecule has 0 radical (unpaired) electrons. The van der Waals surface area contributed by atoms with Gasteiger partial charge in [-0.3, -0.25) is 4.90 Å². The van der Waals surface area contributed by atoms with Gasteiger partial charge in [-0.05, 0) is 38.2 Å². The van der Waals surface area contributed by atoms with E-state index in [2.05, 4.69) is 49.9 Å². The van der Waals surface area contributed by atoms with Crippen LogP contribution < -0.4 is 0 Å². The molecule has 1 aromatic carbocycles. The van der Waals surface area contributed by atoms with E-state index in [1.165, 1.54) is 11.1 Å². The third-order valence-electron chi connectivity index (χ3n) is 3.79. The van der Waals surface area contributed by atoms with Gasteiger partial charge in [0, 0.05) is 19.6 Å². The minimum Gasteiger partial charge on any atom is -0.393 e. The van der Waals surface area contributed by atoms with Gasteiger partial charge in [0.2, 0.25) is 0 Å². The highest BCUT2D eigenvalue weighted by atomic mass is 16.5. The van der Waals surface area contributed by atoms with Gasteiger partial charge in [0.1, 0.15) is 0 Å². The van der Waals surface area contributed by atoms with Gasteiger partial charge in [-0.15, -0.1) is 0 Å². The molecular formula is C21H39NO2. The van der Waals surface area contributed by atoms with Crippen LogP contribution in [0.1, 0.15) is 58.6 Å². The Balaban J connectivity index is 0.000000456. The highest BCUT2D eigenvalue weighted by molar-refractivity contribution is 5.21. The van der Waals surface area contributed by atoms with Crippen LogP contribution >= 0.6 is 0 Å². The highest BCUT2D eigenvalue weighted by Crippen LogP contribution is 2.08. The standard InChI is InChI=1S/C12H17NO.C7H16O.C2H6/c1-11-2-4-12(5-3-11)10-13-6-8-14-9-7-13;1-6(2)4-5-7(3)8;1-2/h2-5H,6-10H2,1H3;6-8H,4-5H2,1-3H3;1-2H3. The van der Waals surface area contributed by atoms with Gasteiger partial charge < -0.3 is 9.84 Å². The van der Waals surface area contributed by atoms with Crippen molar-refractivity contribution in [2.75, 3.05) is 26.3 Å². The van der Waals surface area contributed by atoms with E-state index < -0.39 is 0 Å². The molecule has 0 aromatic heterocycles. The third-order valence-corrected chi connectivity index (χ3v) is 3.79. The van der Waals surface area contributed by atoms with Crippen LogP contribution in [0.5, 0.6) is 0 Å². The number of morpholine rings is 1. The summed E-state index contributed by atoms with van der Waals surface area (Å²) >= 11 is 0. The van der Waals surface area contributed by atoms with E-state index in [1.807, 2.05) is 20.8 Å². The molecule has 24 heavy (non-hydrogen) atoms. The fourth-order valence-corrected chi connectivity index (χ4v) is 2.29. The molecule has 0 aliphatic carbocycles. The van der Waals surface area contributed by atoms with Crippen LogP contribution in [0.4, 0.5) is 0 Å². The lowest BCUT2D eigenvalue weighted by Gasteiger charge is -2.26. The molecule has 3 nitrogen and oxygen atoms in total. The number of aryl methyl sites for hydroxylation is 1. The lowest BCUT2D eigenvalue weighted by atomic mass is 10.1. The SMILES string of the molecule is CC.CC(C)CCC(C)O.Cc1ccc(CN2CCOCC2)cc1. The predicted octanol–water partition coefficient (Wildman–Crippen LogP) is 4.66. The first-order valence-electron chi connectivity index (χ1n) is 9.51. The summed E-state index contributed by atoms with van der Waals surface area (Å²) in [6.45, 7) is 17.2. The molecule has 0 amide bonds. The van der Waals surface area contributed by atoms with Crippen molar-refractivity contribution < 1.29 is 9.84 Å². The third kappa shape index (κ3) is 12.5. The number of ether oxygens (including phenoxy) is 1. The van der Waals surface area contributed by atoms with E-state index in [4.69, 9.17) is 9.84 Å². The predicted molar refractivity (Wildman–Crippen MR) is 104 cm³/mol. The smallest absolute Gasteiger partial charge is 0.0594 e. The van der Waals surface area contributed by atoms with Crippen LogP contribution in [0.2, 0.25) is 0 Å². The molecule has 1 aromatic rings. The van der Waals surface area contributed by atoms with E-state index >= 15 is 0 Å². The van der Waals surface area contributed by atoms with Crippen molar-refractivity contribution in [1.29, 1.82) is 0 Å². The van der Waals surface area contributed by atoms with Gasteiger partial charge in [-0.25, -0.2) is 0 Å². The molecule has 1 N–H and O–H groups in total. The molecule has 1 aliphatic heterocycles. The summed E-state index contributed by atoms with van der Waals surface area (Å²) < 4.78 is 5.31. The Morgan fingerprint density at radius 2 is 1.54 bits per heavy atom.